The Balaban J connectivity index is 1.12. The van der Waals surface area contributed by atoms with Gasteiger partial charge in [0.25, 0.3) is 11.8 Å². The standard InChI is InChI=1S/C34H28Cl3F4N5O3/c35-24-3-1-2-18(30(24)37)15-46(20-6-7-20)33(47)28-22(12-19-13-42-14-26(28)43-19)17-4-8-21(9-5-17)48-16-27-44-32(45-49-27)29-23(34(39,40)41)10-11-25(36)31(29)38/h1-5,8-11,19-20,26,42-43H,6-7,12-16H2/t19-,26-/m1/s1. The van der Waals surface area contributed by atoms with Gasteiger partial charge in [-0.25, -0.2) is 4.39 Å². The molecule has 4 aromatic rings. The van der Waals surface area contributed by atoms with Gasteiger partial charge in [0.2, 0.25) is 5.82 Å². The molecule has 2 bridgehead atoms. The Hall–Kier alpha value is -3.68. The molecule has 2 N–H and O–H groups in total. The van der Waals surface area contributed by atoms with Gasteiger partial charge in [0, 0.05) is 37.3 Å². The van der Waals surface area contributed by atoms with Crippen molar-refractivity contribution in [2.45, 2.75) is 56.7 Å². The molecular formula is C34H28Cl3F4N5O3. The smallest absolute Gasteiger partial charge is 0.417 e. The minimum atomic E-state index is -4.87. The lowest BCUT2D eigenvalue weighted by atomic mass is 9.83. The lowest BCUT2D eigenvalue weighted by Crippen LogP contribution is -2.60. The van der Waals surface area contributed by atoms with E-state index < -0.39 is 34.0 Å². The second kappa shape index (κ2) is 13.6. The van der Waals surface area contributed by atoms with Crippen LogP contribution < -0.4 is 15.4 Å². The van der Waals surface area contributed by atoms with Gasteiger partial charge in [0.15, 0.2) is 12.4 Å². The summed E-state index contributed by atoms with van der Waals surface area (Å²) in [6, 6.07) is 14.1. The van der Waals surface area contributed by atoms with Crippen LogP contribution in [0.4, 0.5) is 17.6 Å². The maximum atomic E-state index is 14.7. The van der Waals surface area contributed by atoms with Gasteiger partial charge in [-0.2, -0.15) is 18.2 Å². The van der Waals surface area contributed by atoms with Crippen LogP contribution in [0, 0.1) is 5.82 Å². The number of ether oxygens (including phenoxy) is 1. The average molecular weight is 737 g/mol. The van der Waals surface area contributed by atoms with Crippen LogP contribution in [-0.2, 0) is 24.1 Å². The van der Waals surface area contributed by atoms with Gasteiger partial charge >= 0.3 is 6.18 Å². The number of amides is 1. The van der Waals surface area contributed by atoms with Crippen molar-refractivity contribution in [3.8, 4) is 17.1 Å². The number of nitrogens with zero attached hydrogens (tertiary/aromatic N) is 3. The van der Waals surface area contributed by atoms with E-state index in [1.165, 1.54) is 0 Å². The number of carbonyl (C=O) groups excluding carboxylic acids is 1. The highest BCUT2D eigenvalue weighted by Gasteiger charge is 2.41. The number of rotatable bonds is 9. The molecule has 1 amide bonds. The molecular weight excluding hydrogens is 709 g/mol. The number of hydrogen-bond donors (Lipinski definition) is 2. The molecule has 3 heterocycles. The van der Waals surface area contributed by atoms with E-state index in [0.717, 1.165) is 42.2 Å². The fourth-order valence-corrected chi connectivity index (χ4v) is 6.86. The van der Waals surface area contributed by atoms with Crippen molar-refractivity contribution in [1.82, 2.24) is 25.7 Å². The van der Waals surface area contributed by atoms with Crippen molar-refractivity contribution in [2.24, 2.45) is 0 Å². The third-order valence-corrected chi connectivity index (χ3v) is 9.96. The molecule has 0 spiro atoms. The molecule has 15 heteroatoms. The van der Waals surface area contributed by atoms with Gasteiger partial charge in [-0.05, 0) is 66.3 Å². The summed E-state index contributed by atoms with van der Waals surface area (Å²) in [5.41, 5.74) is 1.11. The second-order valence-corrected chi connectivity index (χ2v) is 13.3. The average Bonchev–Trinajstić information content (AvgIpc) is 3.81. The Morgan fingerprint density at radius 1 is 1.02 bits per heavy atom. The summed E-state index contributed by atoms with van der Waals surface area (Å²) in [5, 5.41) is 10.9. The fraction of sp³-hybridized carbons (Fsp3) is 0.324. The lowest BCUT2D eigenvalue weighted by Gasteiger charge is -2.41. The SMILES string of the molecule is O=C(C1=C(c2ccc(OCc3nc(-c4c(C(F)(F)F)ccc(Cl)c4F)no3)cc2)C[C@@H]2CNC[C@H]1N2)N(Cc1cccc(Cl)c1Cl)C1CC1. The van der Waals surface area contributed by atoms with E-state index in [-0.39, 0.29) is 36.5 Å². The van der Waals surface area contributed by atoms with Crippen molar-refractivity contribution in [2.75, 3.05) is 13.1 Å². The minimum absolute atomic E-state index is 0.0504. The molecule has 0 radical (unpaired) electrons. The first-order valence-electron chi connectivity index (χ1n) is 15.5. The van der Waals surface area contributed by atoms with E-state index in [1.54, 1.807) is 18.2 Å². The quantitative estimate of drug-likeness (QED) is 0.170. The van der Waals surface area contributed by atoms with Crippen LogP contribution in [0.25, 0.3) is 17.0 Å². The summed E-state index contributed by atoms with van der Waals surface area (Å²) in [6.07, 6.45) is -2.41. The zero-order chi connectivity index (χ0) is 34.4. The van der Waals surface area contributed by atoms with Crippen molar-refractivity contribution >= 4 is 46.3 Å². The highest BCUT2D eigenvalue weighted by atomic mass is 35.5. The van der Waals surface area contributed by atoms with Crippen molar-refractivity contribution in [3.63, 3.8) is 0 Å². The van der Waals surface area contributed by atoms with Gasteiger partial charge < -0.3 is 24.8 Å². The van der Waals surface area contributed by atoms with E-state index in [9.17, 15) is 22.4 Å². The van der Waals surface area contributed by atoms with Crippen LogP contribution in [-0.4, -0.2) is 52.2 Å². The van der Waals surface area contributed by atoms with E-state index in [1.807, 2.05) is 29.2 Å². The number of alkyl halides is 3. The molecule has 3 aromatic carbocycles. The summed E-state index contributed by atoms with van der Waals surface area (Å²) >= 11 is 18.5. The van der Waals surface area contributed by atoms with Crippen molar-refractivity contribution in [1.29, 1.82) is 0 Å². The first kappa shape index (κ1) is 33.8. The van der Waals surface area contributed by atoms with E-state index in [4.69, 9.17) is 44.1 Å². The van der Waals surface area contributed by atoms with Gasteiger partial charge in [0.05, 0.1) is 32.2 Å². The van der Waals surface area contributed by atoms with E-state index in [2.05, 4.69) is 20.8 Å². The Labute approximate surface area is 293 Å². The highest BCUT2D eigenvalue weighted by Crippen LogP contribution is 2.40. The number of halogens is 7. The van der Waals surface area contributed by atoms with Crippen LogP contribution in [0.15, 0.2) is 64.7 Å². The van der Waals surface area contributed by atoms with Gasteiger partial charge in [-0.15, -0.1) is 0 Å². The molecule has 7 rings (SSSR count). The Bertz CT molecular complexity index is 1930. The Kier molecular flexibility index (Phi) is 9.35. The Morgan fingerprint density at radius 2 is 1.80 bits per heavy atom. The maximum Gasteiger partial charge on any atom is 0.417 e. The minimum Gasteiger partial charge on any atom is -0.484 e. The molecule has 256 valence electrons. The molecule has 1 saturated carbocycles. The zero-order valence-electron chi connectivity index (χ0n) is 25.6. The first-order valence-corrected chi connectivity index (χ1v) is 16.7. The molecule has 1 aromatic heterocycles. The summed E-state index contributed by atoms with van der Waals surface area (Å²) in [5.74, 6) is -1.72. The zero-order valence-corrected chi connectivity index (χ0v) is 27.9. The second-order valence-electron chi connectivity index (χ2n) is 12.2. The number of benzene rings is 3. The van der Waals surface area contributed by atoms with Gasteiger partial charge in [0.1, 0.15) is 5.75 Å². The summed E-state index contributed by atoms with van der Waals surface area (Å²) in [6.45, 7) is 1.43. The fourth-order valence-electron chi connectivity index (χ4n) is 6.32. The molecule has 8 nitrogen and oxygen atoms in total. The normalized spacial score (nSPS) is 19.2. The third kappa shape index (κ3) is 7.02. The molecule has 0 unspecified atom stereocenters. The molecule has 3 aliphatic rings. The van der Waals surface area contributed by atoms with Crippen molar-refractivity contribution < 1.29 is 31.6 Å². The van der Waals surface area contributed by atoms with Gasteiger partial charge in [-0.3, -0.25) is 4.79 Å². The summed E-state index contributed by atoms with van der Waals surface area (Å²) in [7, 11) is 0. The summed E-state index contributed by atoms with van der Waals surface area (Å²) < 4.78 is 66.2. The molecule has 2 fully saturated rings. The number of fused-ring (bicyclic) bond motifs is 2. The first-order chi connectivity index (χ1) is 23.5. The van der Waals surface area contributed by atoms with E-state index in [0.29, 0.717) is 46.9 Å². The van der Waals surface area contributed by atoms with Crippen molar-refractivity contribution in [3.05, 3.63) is 104 Å². The monoisotopic (exact) mass is 735 g/mol. The highest BCUT2D eigenvalue weighted by molar-refractivity contribution is 6.42. The molecule has 1 saturated heterocycles. The molecule has 2 aliphatic heterocycles. The molecule has 2 atom stereocenters. The molecule has 49 heavy (non-hydrogen) atoms. The number of nitrogens with one attached hydrogen (secondary N) is 2. The number of aromatic nitrogens is 2. The Morgan fingerprint density at radius 3 is 2.53 bits per heavy atom. The van der Waals surface area contributed by atoms with Crippen LogP contribution in [0.5, 0.6) is 5.75 Å². The predicted octanol–water partition coefficient (Wildman–Crippen LogP) is 7.71. The van der Waals surface area contributed by atoms with Crippen LogP contribution in [0.1, 0.15) is 41.8 Å². The predicted molar refractivity (Wildman–Crippen MR) is 176 cm³/mol. The van der Waals surface area contributed by atoms with E-state index >= 15 is 0 Å². The lowest BCUT2D eigenvalue weighted by molar-refractivity contribution is -0.137. The molecule has 1 aliphatic carbocycles. The topological polar surface area (TPSA) is 92.5 Å². The van der Waals surface area contributed by atoms with Crippen LogP contribution in [0.2, 0.25) is 15.1 Å². The van der Waals surface area contributed by atoms with Crippen LogP contribution >= 0.6 is 34.8 Å². The number of carbonyl (C=O) groups is 1. The summed E-state index contributed by atoms with van der Waals surface area (Å²) in [4.78, 5) is 20.2. The van der Waals surface area contributed by atoms with Gasteiger partial charge in [-0.1, -0.05) is 64.2 Å². The number of piperazine rings is 1. The van der Waals surface area contributed by atoms with Crippen LogP contribution in [0.3, 0.4) is 0 Å². The number of hydrogen-bond acceptors (Lipinski definition) is 7. The maximum absolute atomic E-state index is 14.7. The largest absolute Gasteiger partial charge is 0.484 e. The third-order valence-electron chi connectivity index (χ3n) is 8.81.